The largest absolute Gasteiger partial charge is 0.481 e. The maximum atomic E-state index is 12.1. The third kappa shape index (κ3) is 2.03. The number of carboxylic acids is 1. The van der Waals surface area contributed by atoms with Crippen molar-refractivity contribution in [2.75, 3.05) is 6.61 Å². The van der Waals surface area contributed by atoms with Crippen LogP contribution in [0.2, 0.25) is 0 Å². The molecule has 142 valence electrons. The van der Waals surface area contributed by atoms with Crippen LogP contribution in [0, 0.1) is 34.0 Å². The Morgan fingerprint density at radius 3 is 2.44 bits per heavy atom. The number of aliphatic hydroxyl groups is 3. The Hall–Kier alpha value is -0.650. The first-order valence-corrected chi connectivity index (χ1v) is 9.87. The second-order valence-corrected chi connectivity index (χ2v) is 10.1. The molecule has 2 bridgehead atoms. The molecule has 0 saturated heterocycles. The predicted molar refractivity (Wildman–Crippen MR) is 91.7 cm³/mol. The Morgan fingerprint density at radius 1 is 1.08 bits per heavy atom. The molecule has 4 saturated carbocycles. The van der Waals surface area contributed by atoms with E-state index in [0.29, 0.717) is 18.8 Å². The molecule has 4 aliphatic rings. The molecule has 0 aromatic rings. The number of carbonyl (C=O) groups is 1. The zero-order valence-electron chi connectivity index (χ0n) is 15.4. The van der Waals surface area contributed by atoms with Crippen molar-refractivity contribution in [3.05, 3.63) is 0 Å². The Labute approximate surface area is 149 Å². The van der Waals surface area contributed by atoms with Gasteiger partial charge in [-0.25, -0.2) is 0 Å². The molecule has 8 atom stereocenters. The molecule has 4 aliphatic carbocycles. The van der Waals surface area contributed by atoms with Gasteiger partial charge in [-0.05, 0) is 86.9 Å². The molecule has 0 aromatic heterocycles. The summed E-state index contributed by atoms with van der Waals surface area (Å²) in [6.07, 6.45) is 5.85. The SMILES string of the molecule is C[C@@]12CC[C@H](O)[C@@](C)(C(=O)O)[C@H]1CC[C@@]13C[C@@H](CC[C@H]12)[C@@](O)(CO)C3. The van der Waals surface area contributed by atoms with E-state index in [1.165, 1.54) is 0 Å². The van der Waals surface area contributed by atoms with E-state index in [9.17, 15) is 25.2 Å². The Bertz CT molecular complexity index is 593. The number of aliphatic carboxylic acids is 1. The average molecular weight is 352 g/mol. The van der Waals surface area contributed by atoms with Crippen molar-refractivity contribution in [2.24, 2.45) is 34.0 Å². The molecular formula is C20H32O5. The predicted octanol–water partition coefficient (Wildman–Crippen LogP) is 2.18. The van der Waals surface area contributed by atoms with E-state index in [2.05, 4.69) is 6.92 Å². The number of carboxylic acid groups (broad SMARTS) is 1. The van der Waals surface area contributed by atoms with E-state index < -0.39 is 23.1 Å². The van der Waals surface area contributed by atoms with Crippen LogP contribution in [0.25, 0.3) is 0 Å². The number of aliphatic hydroxyl groups excluding tert-OH is 2. The zero-order valence-corrected chi connectivity index (χ0v) is 15.4. The monoisotopic (exact) mass is 352 g/mol. The van der Waals surface area contributed by atoms with Crippen molar-refractivity contribution in [2.45, 2.75) is 76.9 Å². The summed E-state index contributed by atoms with van der Waals surface area (Å²) in [5.74, 6) is -0.356. The molecule has 4 N–H and O–H groups in total. The van der Waals surface area contributed by atoms with Crippen LogP contribution in [0.4, 0.5) is 0 Å². The molecule has 0 radical (unpaired) electrons. The fourth-order valence-corrected chi connectivity index (χ4v) is 8.01. The maximum absolute atomic E-state index is 12.1. The smallest absolute Gasteiger partial charge is 0.312 e. The standard InChI is InChI=1S/C20H32O5/c1-17-7-6-15(22)18(2,16(23)24)13(17)5-8-19-9-12(3-4-14(17)19)20(25,10-19)11-21/h12-15,21-22,25H,3-11H2,1-2H3,(H,23,24)/t12-,13+,14+,15+,17-,18+,19+,20+/m1/s1. The highest BCUT2D eigenvalue weighted by atomic mass is 16.4. The van der Waals surface area contributed by atoms with Crippen molar-refractivity contribution < 1.29 is 25.2 Å². The molecule has 0 amide bonds. The van der Waals surface area contributed by atoms with Gasteiger partial charge in [-0.1, -0.05) is 6.92 Å². The van der Waals surface area contributed by atoms with Gasteiger partial charge in [-0.2, -0.15) is 0 Å². The molecule has 0 aliphatic heterocycles. The highest BCUT2D eigenvalue weighted by Gasteiger charge is 2.69. The van der Waals surface area contributed by atoms with Gasteiger partial charge < -0.3 is 20.4 Å². The van der Waals surface area contributed by atoms with Gasteiger partial charge in [0.05, 0.1) is 23.7 Å². The summed E-state index contributed by atoms with van der Waals surface area (Å²) in [7, 11) is 0. The highest BCUT2D eigenvalue weighted by Crippen LogP contribution is 2.72. The van der Waals surface area contributed by atoms with Crippen LogP contribution in [0.1, 0.15) is 65.2 Å². The normalized spacial score (nSPS) is 57.6. The van der Waals surface area contributed by atoms with E-state index in [1.54, 1.807) is 6.92 Å². The van der Waals surface area contributed by atoms with Gasteiger partial charge in [0, 0.05) is 0 Å². The fraction of sp³-hybridized carbons (Fsp3) is 0.950. The molecule has 0 aromatic carbocycles. The Balaban J connectivity index is 1.74. The summed E-state index contributed by atoms with van der Waals surface area (Å²) in [6, 6.07) is 0. The molecule has 5 nitrogen and oxygen atoms in total. The molecule has 4 fully saturated rings. The van der Waals surface area contributed by atoms with Crippen LogP contribution < -0.4 is 0 Å². The lowest BCUT2D eigenvalue weighted by molar-refractivity contribution is -0.204. The number of hydrogen-bond donors (Lipinski definition) is 4. The highest BCUT2D eigenvalue weighted by molar-refractivity contribution is 5.76. The van der Waals surface area contributed by atoms with E-state index in [0.717, 1.165) is 38.5 Å². The van der Waals surface area contributed by atoms with Gasteiger partial charge in [0.25, 0.3) is 0 Å². The van der Waals surface area contributed by atoms with Gasteiger partial charge in [0.1, 0.15) is 0 Å². The number of fused-ring (bicyclic) bond motifs is 3. The minimum atomic E-state index is -1.09. The first-order valence-electron chi connectivity index (χ1n) is 9.87. The van der Waals surface area contributed by atoms with Crippen molar-refractivity contribution >= 4 is 5.97 Å². The van der Waals surface area contributed by atoms with Crippen molar-refractivity contribution in [1.82, 2.24) is 0 Å². The lowest BCUT2D eigenvalue weighted by Gasteiger charge is -2.64. The van der Waals surface area contributed by atoms with Gasteiger partial charge >= 0.3 is 5.97 Å². The van der Waals surface area contributed by atoms with Gasteiger partial charge in [0.15, 0.2) is 0 Å². The third-order valence-electron chi connectivity index (χ3n) is 9.24. The first-order chi connectivity index (χ1) is 11.6. The lowest BCUT2D eigenvalue weighted by Crippen LogP contribution is -2.62. The lowest BCUT2D eigenvalue weighted by atomic mass is 9.40. The van der Waals surface area contributed by atoms with Gasteiger partial charge in [0.2, 0.25) is 0 Å². The molecule has 25 heavy (non-hydrogen) atoms. The summed E-state index contributed by atoms with van der Waals surface area (Å²) in [5.41, 5.74) is -2.12. The first kappa shape index (κ1) is 17.7. The molecule has 5 heteroatoms. The summed E-state index contributed by atoms with van der Waals surface area (Å²) < 4.78 is 0. The van der Waals surface area contributed by atoms with Crippen molar-refractivity contribution in [1.29, 1.82) is 0 Å². The average Bonchev–Trinajstić information content (AvgIpc) is 2.78. The zero-order chi connectivity index (χ0) is 18.3. The molecule has 0 unspecified atom stereocenters. The van der Waals surface area contributed by atoms with E-state index in [1.807, 2.05) is 0 Å². The molecular weight excluding hydrogens is 320 g/mol. The van der Waals surface area contributed by atoms with E-state index in [4.69, 9.17) is 0 Å². The third-order valence-corrected chi connectivity index (χ3v) is 9.24. The summed E-state index contributed by atoms with van der Waals surface area (Å²) in [4.78, 5) is 12.1. The van der Waals surface area contributed by atoms with E-state index >= 15 is 0 Å². The van der Waals surface area contributed by atoms with E-state index in [-0.39, 0.29) is 29.3 Å². The van der Waals surface area contributed by atoms with Gasteiger partial charge in [-0.15, -0.1) is 0 Å². The summed E-state index contributed by atoms with van der Waals surface area (Å²) in [5, 5.41) is 41.2. The minimum Gasteiger partial charge on any atom is -0.481 e. The van der Waals surface area contributed by atoms with Crippen LogP contribution >= 0.6 is 0 Å². The molecule has 0 heterocycles. The molecule has 1 spiro atoms. The van der Waals surface area contributed by atoms with Crippen molar-refractivity contribution in [3.8, 4) is 0 Å². The van der Waals surface area contributed by atoms with Crippen molar-refractivity contribution in [3.63, 3.8) is 0 Å². The summed E-state index contributed by atoms with van der Waals surface area (Å²) >= 11 is 0. The van der Waals surface area contributed by atoms with Crippen LogP contribution in [0.3, 0.4) is 0 Å². The number of hydrogen-bond acceptors (Lipinski definition) is 4. The van der Waals surface area contributed by atoms with Crippen LogP contribution in [-0.4, -0.2) is 44.7 Å². The fourth-order valence-electron chi connectivity index (χ4n) is 8.01. The minimum absolute atomic E-state index is 0.0313. The Kier molecular flexibility index (Phi) is 3.69. The Morgan fingerprint density at radius 2 is 1.80 bits per heavy atom. The second-order valence-electron chi connectivity index (χ2n) is 10.1. The van der Waals surface area contributed by atoms with Crippen LogP contribution in [0.5, 0.6) is 0 Å². The number of rotatable bonds is 2. The maximum Gasteiger partial charge on any atom is 0.312 e. The van der Waals surface area contributed by atoms with Crippen LogP contribution in [-0.2, 0) is 4.79 Å². The van der Waals surface area contributed by atoms with Crippen LogP contribution in [0.15, 0.2) is 0 Å². The quantitative estimate of drug-likeness (QED) is 0.611. The second kappa shape index (κ2) is 5.20. The summed E-state index contributed by atoms with van der Waals surface area (Å²) in [6.45, 7) is 3.81. The molecule has 4 rings (SSSR count). The van der Waals surface area contributed by atoms with Gasteiger partial charge in [-0.3, -0.25) is 4.79 Å². The topological polar surface area (TPSA) is 98.0 Å².